The zero-order valence-electron chi connectivity index (χ0n) is 18.0. The Morgan fingerprint density at radius 2 is 1.62 bits per heavy atom. The lowest BCUT2D eigenvalue weighted by molar-refractivity contribution is -0.149. The Morgan fingerprint density at radius 3 is 2.25 bits per heavy atom. The van der Waals surface area contributed by atoms with Crippen molar-refractivity contribution in [2.75, 3.05) is 30.5 Å². The topological polar surface area (TPSA) is 111 Å². The molecule has 1 atom stereocenters. The van der Waals surface area contributed by atoms with Crippen LogP contribution in [0.1, 0.15) is 34.1 Å². The van der Waals surface area contributed by atoms with Crippen molar-refractivity contribution >= 4 is 41.2 Å². The summed E-state index contributed by atoms with van der Waals surface area (Å²) in [5, 5.41) is 5.25. The van der Waals surface area contributed by atoms with E-state index in [0.29, 0.717) is 29.0 Å². The molecule has 32 heavy (non-hydrogen) atoms. The first-order chi connectivity index (χ1) is 15.4. The number of thioether (sulfide) groups is 1. The van der Waals surface area contributed by atoms with Gasteiger partial charge in [-0.3, -0.25) is 9.59 Å². The maximum absolute atomic E-state index is 12.5. The number of hydrogen-bond donors (Lipinski definition) is 2. The van der Waals surface area contributed by atoms with Gasteiger partial charge in [-0.1, -0.05) is 18.2 Å². The van der Waals surface area contributed by atoms with E-state index in [-0.39, 0.29) is 12.5 Å². The number of carbonyl (C=O) groups is 4. The molecule has 0 bridgehead atoms. The average molecular weight is 459 g/mol. The third-order valence-electron chi connectivity index (χ3n) is 4.26. The Morgan fingerprint density at radius 1 is 0.938 bits per heavy atom. The molecule has 0 aliphatic heterocycles. The first kappa shape index (κ1) is 24.9. The van der Waals surface area contributed by atoms with Gasteiger partial charge in [0.2, 0.25) is 0 Å². The third kappa shape index (κ3) is 8.07. The minimum absolute atomic E-state index is 0.270. The number of nitrogens with one attached hydrogen (secondary N) is 2. The molecule has 170 valence electrons. The summed E-state index contributed by atoms with van der Waals surface area (Å²) in [5.74, 6) is -1.43. The van der Waals surface area contributed by atoms with Crippen molar-refractivity contribution in [2.24, 2.45) is 0 Å². The SMILES string of the molecule is CCOC(=O)c1ccc(NC(=O)COC(=O)C(CCSC)NC(=O)c2ccccc2)cc1. The minimum Gasteiger partial charge on any atom is -0.462 e. The van der Waals surface area contributed by atoms with Gasteiger partial charge in [0.1, 0.15) is 6.04 Å². The fraction of sp³-hybridized carbons (Fsp3) is 0.304. The number of rotatable bonds is 11. The average Bonchev–Trinajstić information content (AvgIpc) is 2.81. The molecule has 0 saturated heterocycles. The molecular weight excluding hydrogens is 432 g/mol. The zero-order chi connectivity index (χ0) is 23.3. The highest BCUT2D eigenvalue weighted by Crippen LogP contribution is 2.11. The summed E-state index contributed by atoms with van der Waals surface area (Å²) in [7, 11) is 0. The molecule has 2 rings (SSSR count). The van der Waals surface area contributed by atoms with E-state index in [1.54, 1.807) is 49.4 Å². The molecule has 0 aliphatic carbocycles. The van der Waals surface area contributed by atoms with Gasteiger partial charge in [-0.25, -0.2) is 9.59 Å². The number of ether oxygens (including phenoxy) is 2. The molecule has 0 heterocycles. The molecule has 0 saturated carbocycles. The van der Waals surface area contributed by atoms with Crippen LogP contribution in [0.5, 0.6) is 0 Å². The van der Waals surface area contributed by atoms with Crippen LogP contribution in [0.3, 0.4) is 0 Å². The Labute approximate surface area is 191 Å². The smallest absolute Gasteiger partial charge is 0.338 e. The van der Waals surface area contributed by atoms with E-state index in [0.717, 1.165) is 0 Å². The predicted octanol–water partition coefficient (Wildman–Crippen LogP) is 2.90. The number of amides is 2. The number of anilines is 1. The van der Waals surface area contributed by atoms with E-state index in [1.165, 1.54) is 23.9 Å². The van der Waals surface area contributed by atoms with Gasteiger partial charge in [-0.2, -0.15) is 11.8 Å². The van der Waals surface area contributed by atoms with Crippen LogP contribution in [0.15, 0.2) is 54.6 Å². The summed E-state index contributed by atoms with van der Waals surface area (Å²) in [6, 6.07) is 13.8. The highest BCUT2D eigenvalue weighted by Gasteiger charge is 2.23. The molecule has 0 aliphatic rings. The molecule has 1 unspecified atom stereocenters. The minimum atomic E-state index is -0.869. The lowest BCUT2D eigenvalue weighted by Gasteiger charge is -2.17. The van der Waals surface area contributed by atoms with Crippen molar-refractivity contribution in [1.82, 2.24) is 5.32 Å². The summed E-state index contributed by atoms with van der Waals surface area (Å²) >= 11 is 1.53. The molecule has 2 aromatic carbocycles. The van der Waals surface area contributed by atoms with E-state index in [1.807, 2.05) is 6.26 Å². The molecule has 0 spiro atoms. The van der Waals surface area contributed by atoms with Crippen molar-refractivity contribution in [3.05, 3.63) is 65.7 Å². The lowest BCUT2D eigenvalue weighted by Crippen LogP contribution is -2.43. The fourth-order valence-corrected chi connectivity index (χ4v) is 3.13. The number of hydrogen-bond acceptors (Lipinski definition) is 7. The van der Waals surface area contributed by atoms with Gasteiger partial charge in [0.05, 0.1) is 12.2 Å². The molecule has 0 aromatic heterocycles. The second-order valence-electron chi connectivity index (χ2n) is 6.63. The largest absolute Gasteiger partial charge is 0.462 e. The van der Waals surface area contributed by atoms with Crippen LogP contribution in [-0.2, 0) is 19.1 Å². The Balaban J connectivity index is 1.88. The van der Waals surface area contributed by atoms with Crippen LogP contribution >= 0.6 is 11.8 Å². The normalized spacial score (nSPS) is 11.2. The van der Waals surface area contributed by atoms with Gasteiger partial charge in [0.15, 0.2) is 6.61 Å². The molecule has 2 amide bonds. The van der Waals surface area contributed by atoms with E-state index in [4.69, 9.17) is 9.47 Å². The van der Waals surface area contributed by atoms with Crippen LogP contribution < -0.4 is 10.6 Å². The van der Waals surface area contributed by atoms with Crippen LogP contribution in [0.25, 0.3) is 0 Å². The Bertz CT molecular complexity index is 918. The van der Waals surface area contributed by atoms with Crippen LogP contribution in [0.2, 0.25) is 0 Å². The van der Waals surface area contributed by atoms with Crippen molar-refractivity contribution in [3.8, 4) is 0 Å². The van der Waals surface area contributed by atoms with E-state index in [9.17, 15) is 19.2 Å². The molecule has 2 N–H and O–H groups in total. The molecule has 2 aromatic rings. The van der Waals surface area contributed by atoms with Gasteiger partial charge >= 0.3 is 11.9 Å². The summed E-state index contributed by atoms with van der Waals surface area (Å²) in [4.78, 5) is 48.7. The highest BCUT2D eigenvalue weighted by molar-refractivity contribution is 7.98. The lowest BCUT2D eigenvalue weighted by atomic mass is 10.1. The van der Waals surface area contributed by atoms with Crippen LogP contribution in [-0.4, -0.2) is 55.0 Å². The van der Waals surface area contributed by atoms with Crippen molar-refractivity contribution in [2.45, 2.75) is 19.4 Å². The number of carbonyl (C=O) groups excluding carboxylic acids is 4. The van der Waals surface area contributed by atoms with Gasteiger partial charge in [0, 0.05) is 11.3 Å². The van der Waals surface area contributed by atoms with E-state index in [2.05, 4.69) is 10.6 Å². The van der Waals surface area contributed by atoms with Gasteiger partial charge in [0.25, 0.3) is 11.8 Å². The number of benzene rings is 2. The van der Waals surface area contributed by atoms with Crippen LogP contribution in [0.4, 0.5) is 5.69 Å². The monoisotopic (exact) mass is 458 g/mol. The van der Waals surface area contributed by atoms with Gasteiger partial charge in [-0.15, -0.1) is 0 Å². The number of esters is 2. The highest BCUT2D eigenvalue weighted by atomic mass is 32.2. The molecule has 9 heteroatoms. The summed E-state index contributed by atoms with van der Waals surface area (Å²) in [6.07, 6.45) is 2.26. The Kier molecular flexibility index (Phi) is 10.3. The van der Waals surface area contributed by atoms with Crippen molar-refractivity contribution in [1.29, 1.82) is 0 Å². The van der Waals surface area contributed by atoms with Gasteiger partial charge in [-0.05, 0) is 61.8 Å². The van der Waals surface area contributed by atoms with Gasteiger partial charge < -0.3 is 20.1 Å². The molecular formula is C23H26N2O6S. The standard InChI is InChI=1S/C23H26N2O6S/c1-3-30-22(28)17-9-11-18(12-10-17)24-20(26)15-31-23(29)19(13-14-32-2)25-21(27)16-7-5-4-6-8-16/h4-12,19H,3,13-15H2,1-2H3,(H,24,26)(H,25,27). The summed E-state index contributed by atoms with van der Waals surface area (Å²) in [6.45, 7) is 1.48. The van der Waals surface area contributed by atoms with E-state index >= 15 is 0 Å². The van der Waals surface area contributed by atoms with E-state index < -0.39 is 30.5 Å². The maximum Gasteiger partial charge on any atom is 0.338 e. The second kappa shape index (κ2) is 13.2. The second-order valence-corrected chi connectivity index (χ2v) is 7.61. The van der Waals surface area contributed by atoms with Crippen molar-refractivity contribution < 1.29 is 28.7 Å². The molecule has 0 fully saturated rings. The Hall–Kier alpha value is -3.33. The van der Waals surface area contributed by atoms with Crippen molar-refractivity contribution in [3.63, 3.8) is 0 Å². The first-order valence-electron chi connectivity index (χ1n) is 10.0. The maximum atomic E-state index is 12.5. The third-order valence-corrected chi connectivity index (χ3v) is 4.91. The quantitative estimate of drug-likeness (QED) is 0.498. The summed E-state index contributed by atoms with van der Waals surface area (Å²) in [5.41, 5.74) is 1.23. The molecule has 0 radical (unpaired) electrons. The zero-order valence-corrected chi connectivity index (χ0v) is 18.8. The fourth-order valence-electron chi connectivity index (χ4n) is 2.65. The predicted molar refractivity (Wildman–Crippen MR) is 123 cm³/mol. The van der Waals surface area contributed by atoms with Crippen LogP contribution in [0, 0.1) is 0 Å². The summed E-state index contributed by atoms with van der Waals surface area (Å²) < 4.78 is 10.0. The molecule has 8 nitrogen and oxygen atoms in total. The first-order valence-corrected chi connectivity index (χ1v) is 11.4.